The summed E-state index contributed by atoms with van der Waals surface area (Å²) in [6.07, 6.45) is 8.67. The fraction of sp³-hybridized carbons (Fsp3) is 0.714. The van der Waals surface area contributed by atoms with Crippen LogP contribution in [0.1, 0.15) is 48.9 Å². The minimum absolute atomic E-state index is 0. The summed E-state index contributed by atoms with van der Waals surface area (Å²) in [6.45, 7) is 3.57. The zero-order valence-electron chi connectivity index (χ0n) is 12.6. The lowest BCUT2D eigenvalue weighted by Crippen LogP contribution is -2.25. The lowest BCUT2D eigenvalue weighted by molar-refractivity contribution is -0.121. The Kier molecular flexibility index (Phi) is 15.9. The number of hydrogen-bond donors (Lipinski definition) is 2. The van der Waals surface area contributed by atoms with Crippen molar-refractivity contribution in [2.24, 2.45) is 5.73 Å². The molecule has 0 saturated heterocycles. The van der Waals surface area contributed by atoms with E-state index < -0.39 is 0 Å². The highest BCUT2D eigenvalue weighted by Crippen LogP contribution is 2.13. The van der Waals surface area contributed by atoms with Crippen LogP contribution in [0.5, 0.6) is 0 Å². The molecule has 0 radical (unpaired) electrons. The number of aromatic nitrogens is 1. The molecule has 3 N–H and O–H groups in total. The molecular weight excluding hydrogens is 329 g/mol. The van der Waals surface area contributed by atoms with Gasteiger partial charge in [-0.25, -0.2) is 4.98 Å². The highest BCUT2D eigenvalue weighted by Gasteiger charge is 2.03. The van der Waals surface area contributed by atoms with Crippen molar-refractivity contribution in [2.75, 3.05) is 13.1 Å². The van der Waals surface area contributed by atoms with Gasteiger partial charge in [0.15, 0.2) is 0 Å². The van der Waals surface area contributed by atoms with E-state index in [0.717, 1.165) is 50.1 Å². The minimum Gasteiger partial charge on any atom is -0.356 e. The molecule has 1 rings (SSSR count). The number of rotatable bonds is 10. The van der Waals surface area contributed by atoms with Crippen molar-refractivity contribution >= 4 is 42.1 Å². The number of unbranched alkanes of at least 4 members (excludes halogenated alkanes) is 3. The first-order chi connectivity index (χ1) is 9.26. The molecule has 0 fully saturated rings. The van der Waals surface area contributed by atoms with Crippen molar-refractivity contribution in [1.82, 2.24) is 10.3 Å². The van der Waals surface area contributed by atoms with Crippen LogP contribution in [0.2, 0.25) is 0 Å². The molecule has 1 aromatic rings. The summed E-state index contributed by atoms with van der Waals surface area (Å²) < 4.78 is 0. The summed E-state index contributed by atoms with van der Waals surface area (Å²) in [6, 6.07) is 0. The van der Waals surface area contributed by atoms with Gasteiger partial charge >= 0.3 is 0 Å². The third-order valence-electron chi connectivity index (χ3n) is 2.97. The van der Waals surface area contributed by atoms with E-state index in [0.29, 0.717) is 13.0 Å². The number of carbonyl (C=O) groups is 1. The van der Waals surface area contributed by atoms with Crippen molar-refractivity contribution in [3.05, 3.63) is 16.1 Å². The van der Waals surface area contributed by atoms with Gasteiger partial charge in [-0.15, -0.1) is 36.2 Å². The highest BCUT2D eigenvalue weighted by atomic mass is 35.5. The van der Waals surface area contributed by atoms with Gasteiger partial charge in [-0.3, -0.25) is 4.79 Å². The van der Waals surface area contributed by atoms with Gasteiger partial charge in [0.1, 0.15) is 0 Å². The standard InChI is InChI=1S/C14H25N3OS.2ClH/c1-2-12-11-17-14(19-12)8-10-16-13(18)7-5-3-4-6-9-15;;/h11H,2-10,15H2,1H3,(H,16,18);2*1H. The Bertz CT molecular complexity index is 375. The molecule has 0 unspecified atom stereocenters. The number of nitrogens with zero attached hydrogens (tertiary/aromatic N) is 1. The highest BCUT2D eigenvalue weighted by molar-refractivity contribution is 7.11. The zero-order chi connectivity index (χ0) is 13.9. The molecule has 1 amide bonds. The predicted octanol–water partition coefficient (Wildman–Crippen LogP) is 3.12. The molecule has 0 aliphatic heterocycles. The van der Waals surface area contributed by atoms with Crippen molar-refractivity contribution in [2.45, 2.75) is 51.9 Å². The fourth-order valence-corrected chi connectivity index (χ4v) is 2.67. The topological polar surface area (TPSA) is 68.0 Å². The second-order valence-electron chi connectivity index (χ2n) is 4.63. The zero-order valence-corrected chi connectivity index (χ0v) is 15.0. The average molecular weight is 356 g/mol. The molecule has 21 heavy (non-hydrogen) atoms. The van der Waals surface area contributed by atoms with Crippen molar-refractivity contribution in [3.8, 4) is 0 Å². The Morgan fingerprint density at radius 2 is 2.00 bits per heavy atom. The second kappa shape index (κ2) is 14.6. The number of carbonyl (C=O) groups excluding carboxylic acids is 1. The van der Waals surface area contributed by atoms with Gasteiger partial charge in [0.25, 0.3) is 0 Å². The number of nitrogens with two attached hydrogens (primary N) is 1. The number of hydrogen-bond acceptors (Lipinski definition) is 4. The summed E-state index contributed by atoms with van der Waals surface area (Å²) in [4.78, 5) is 17.2. The van der Waals surface area contributed by atoms with Crippen LogP contribution in [-0.2, 0) is 17.6 Å². The fourth-order valence-electron chi connectivity index (χ4n) is 1.81. The van der Waals surface area contributed by atoms with Gasteiger partial charge < -0.3 is 11.1 Å². The van der Waals surface area contributed by atoms with Gasteiger partial charge in [0.05, 0.1) is 5.01 Å². The lowest BCUT2D eigenvalue weighted by atomic mass is 10.1. The van der Waals surface area contributed by atoms with Gasteiger partial charge in [-0.1, -0.05) is 19.8 Å². The number of halogens is 2. The first kappa shape index (κ1) is 22.9. The smallest absolute Gasteiger partial charge is 0.220 e. The van der Waals surface area contributed by atoms with Crippen LogP contribution in [0, 0.1) is 0 Å². The van der Waals surface area contributed by atoms with Crippen molar-refractivity contribution in [1.29, 1.82) is 0 Å². The van der Waals surface area contributed by atoms with E-state index in [1.54, 1.807) is 11.3 Å². The molecule has 1 heterocycles. The number of amides is 1. The van der Waals surface area contributed by atoms with Gasteiger partial charge in [-0.05, 0) is 25.8 Å². The number of thiazole rings is 1. The second-order valence-corrected chi connectivity index (χ2v) is 5.83. The Balaban J connectivity index is 0. The molecule has 7 heteroatoms. The van der Waals surface area contributed by atoms with Crippen LogP contribution in [-0.4, -0.2) is 24.0 Å². The maximum Gasteiger partial charge on any atom is 0.220 e. The van der Waals surface area contributed by atoms with E-state index in [9.17, 15) is 4.79 Å². The molecule has 0 spiro atoms. The molecular formula is C14H27Cl2N3OS. The maximum atomic E-state index is 11.6. The quantitative estimate of drug-likeness (QED) is 0.633. The molecule has 0 bridgehead atoms. The predicted molar refractivity (Wildman–Crippen MR) is 94.8 cm³/mol. The maximum absolute atomic E-state index is 11.6. The minimum atomic E-state index is 0. The van der Waals surface area contributed by atoms with Crippen LogP contribution in [0.25, 0.3) is 0 Å². The molecule has 1 aromatic heterocycles. The van der Waals surface area contributed by atoms with Crippen LogP contribution in [0.15, 0.2) is 6.20 Å². The normalized spacial score (nSPS) is 9.62. The number of aryl methyl sites for hydroxylation is 1. The van der Waals surface area contributed by atoms with E-state index in [4.69, 9.17) is 5.73 Å². The third kappa shape index (κ3) is 10.9. The van der Waals surface area contributed by atoms with E-state index in [2.05, 4.69) is 17.2 Å². The van der Waals surface area contributed by atoms with Crippen LogP contribution < -0.4 is 11.1 Å². The van der Waals surface area contributed by atoms with Gasteiger partial charge in [-0.2, -0.15) is 0 Å². The summed E-state index contributed by atoms with van der Waals surface area (Å²) in [5.41, 5.74) is 5.42. The van der Waals surface area contributed by atoms with E-state index in [-0.39, 0.29) is 30.7 Å². The van der Waals surface area contributed by atoms with E-state index in [1.807, 2.05) is 6.20 Å². The van der Waals surface area contributed by atoms with E-state index in [1.165, 1.54) is 4.88 Å². The lowest BCUT2D eigenvalue weighted by Gasteiger charge is -2.03. The summed E-state index contributed by atoms with van der Waals surface area (Å²) in [5, 5.41) is 4.06. The van der Waals surface area contributed by atoms with Crippen LogP contribution >= 0.6 is 36.2 Å². The summed E-state index contributed by atoms with van der Waals surface area (Å²) >= 11 is 1.74. The Morgan fingerprint density at radius 3 is 2.62 bits per heavy atom. The Morgan fingerprint density at radius 1 is 1.29 bits per heavy atom. The Labute approximate surface area is 144 Å². The van der Waals surface area contributed by atoms with Gasteiger partial charge in [0, 0.05) is 30.5 Å². The van der Waals surface area contributed by atoms with Crippen LogP contribution in [0.3, 0.4) is 0 Å². The number of nitrogens with one attached hydrogen (secondary N) is 1. The summed E-state index contributed by atoms with van der Waals surface area (Å²) in [7, 11) is 0. The SMILES string of the molecule is CCc1cnc(CCNC(=O)CCCCCCN)s1.Cl.Cl. The van der Waals surface area contributed by atoms with E-state index >= 15 is 0 Å². The average Bonchev–Trinajstić information content (AvgIpc) is 2.86. The largest absolute Gasteiger partial charge is 0.356 e. The van der Waals surface area contributed by atoms with Gasteiger partial charge in [0.2, 0.25) is 5.91 Å². The molecule has 0 aliphatic rings. The first-order valence-corrected chi connectivity index (χ1v) is 7.98. The first-order valence-electron chi connectivity index (χ1n) is 7.16. The van der Waals surface area contributed by atoms with Crippen LogP contribution in [0.4, 0.5) is 0 Å². The monoisotopic (exact) mass is 355 g/mol. The molecule has 0 saturated carbocycles. The van der Waals surface area contributed by atoms with Crippen molar-refractivity contribution in [3.63, 3.8) is 0 Å². The Hall–Kier alpha value is -0.360. The van der Waals surface area contributed by atoms with Crippen molar-refractivity contribution < 1.29 is 4.79 Å². The molecule has 0 aromatic carbocycles. The third-order valence-corrected chi connectivity index (χ3v) is 4.17. The molecule has 0 aliphatic carbocycles. The molecule has 0 atom stereocenters. The molecule has 4 nitrogen and oxygen atoms in total. The molecule has 124 valence electrons. The summed E-state index contributed by atoms with van der Waals surface area (Å²) in [5.74, 6) is 0.153.